The summed E-state index contributed by atoms with van der Waals surface area (Å²) in [5, 5.41) is 7.77. The van der Waals surface area contributed by atoms with E-state index in [1.165, 1.54) is 0 Å². The Bertz CT molecular complexity index is 1550. The lowest BCUT2D eigenvalue weighted by Crippen LogP contribution is -2.38. The molecule has 0 aliphatic heterocycles. The molecule has 39 heavy (non-hydrogen) atoms. The number of nitrogens with one attached hydrogen (secondary N) is 1. The van der Waals surface area contributed by atoms with E-state index >= 15 is 0 Å². The molecule has 1 N–H and O–H groups in total. The molecule has 0 bridgehead atoms. The minimum atomic E-state index is -0.302. The minimum Gasteiger partial charge on any atom is -0.467 e. The fourth-order valence-corrected chi connectivity index (χ4v) is 4.92. The van der Waals surface area contributed by atoms with Gasteiger partial charge in [-0.15, -0.1) is 0 Å². The molecule has 7 nitrogen and oxygen atoms in total. The van der Waals surface area contributed by atoms with Gasteiger partial charge in [0.1, 0.15) is 18.1 Å². The molecule has 2 heterocycles. The average Bonchev–Trinajstić information content (AvgIpc) is 3.40. The summed E-state index contributed by atoms with van der Waals surface area (Å²) in [4.78, 5) is 28.6. The zero-order chi connectivity index (χ0) is 26.6. The third-order valence-electron chi connectivity index (χ3n) is 6.96. The lowest BCUT2D eigenvalue weighted by atomic mass is 10.1. The maximum absolute atomic E-state index is 13.6. The molecule has 6 rings (SSSR count). The number of rotatable bonds is 9. The molecule has 0 spiro atoms. The number of amides is 2. The molecule has 2 amide bonds. The molecule has 1 aliphatic rings. The second kappa shape index (κ2) is 10.8. The molecule has 5 aromatic rings. The summed E-state index contributed by atoms with van der Waals surface area (Å²) in [7, 11) is 0. The number of carbonyl (C=O) groups is 2. The second-order valence-corrected chi connectivity index (χ2v) is 9.71. The van der Waals surface area contributed by atoms with Gasteiger partial charge in [0.05, 0.1) is 24.2 Å². The number of carbonyl (C=O) groups excluding carboxylic acids is 2. The standard InChI is InChI=1S/C32H28N4O3/c37-31(33-30-20-29(24-13-6-2-7-14-24)34-36(30)25-15-8-3-9-16-25)22-35(21-26-17-10-18-39-26)32(38)28-19-27(28)23-11-4-1-5-12-23/h1-18,20,27-28H,19,21-22H2,(H,33,37)/t27-,28?/m0/s1. The highest BCUT2D eigenvalue weighted by Gasteiger charge is 2.46. The summed E-state index contributed by atoms with van der Waals surface area (Å²) in [5.41, 5.74) is 3.65. The smallest absolute Gasteiger partial charge is 0.245 e. The number of para-hydroxylation sites is 1. The molecule has 0 radical (unpaired) electrons. The minimum absolute atomic E-state index is 0.0445. The zero-order valence-electron chi connectivity index (χ0n) is 21.3. The van der Waals surface area contributed by atoms with Crippen molar-refractivity contribution in [3.05, 3.63) is 127 Å². The van der Waals surface area contributed by atoms with Crippen molar-refractivity contribution < 1.29 is 14.0 Å². The van der Waals surface area contributed by atoms with Crippen LogP contribution in [0, 0.1) is 5.92 Å². The Kier molecular flexibility index (Phi) is 6.78. The first-order valence-electron chi connectivity index (χ1n) is 13.0. The highest BCUT2D eigenvalue weighted by Crippen LogP contribution is 2.48. The van der Waals surface area contributed by atoms with Crippen molar-refractivity contribution in [2.45, 2.75) is 18.9 Å². The fraction of sp³-hybridized carbons (Fsp3) is 0.156. The van der Waals surface area contributed by atoms with E-state index in [0.717, 1.165) is 28.9 Å². The van der Waals surface area contributed by atoms with E-state index in [1.54, 1.807) is 21.9 Å². The van der Waals surface area contributed by atoms with Crippen molar-refractivity contribution in [1.82, 2.24) is 14.7 Å². The van der Waals surface area contributed by atoms with Gasteiger partial charge < -0.3 is 14.6 Å². The van der Waals surface area contributed by atoms with Crippen LogP contribution in [0.5, 0.6) is 0 Å². The fourth-order valence-electron chi connectivity index (χ4n) is 4.92. The van der Waals surface area contributed by atoms with Gasteiger partial charge in [-0.1, -0.05) is 78.9 Å². The van der Waals surface area contributed by atoms with Crippen molar-refractivity contribution >= 4 is 17.6 Å². The van der Waals surface area contributed by atoms with Gasteiger partial charge in [0, 0.05) is 17.5 Å². The highest BCUT2D eigenvalue weighted by molar-refractivity contribution is 5.95. The topological polar surface area (TPSA) is 80.4 Å². The monoisotopic (exact) mass is 516 g/mol. The summed E-state index contributed by atoms with van der Waals surface area (Å²) in [6, 6.07) is 35.0. The van der Waals surface area contributed by atoms with E-state index < -0.39 is 0 Å². The molecular formula is C32H28N4O3. The van der Waals surface area contributed by atoms with Crippen LogP contribution in [0.25, 0.3) is 16.9 Å². The molecule has 194 valence electrons. The second-order valence-electron chi connectivity index (χ2n) is 9.71. The van der Waals surface area contributed by atoms with Crippen molar-refractivity contribution in [1.29, 1.82) is 0 Å². The first kappa shape index (κ1) is 24.4. The third-order valence-corrected chi connectivity index (χ3v) is 6.96. The van der Waals surface area contributed by atoms with E-state index in [1.807, 2.05) is 91.0 Å². The number of nitrogens with zero attached hydrogens (tertiary/aromatic N) is 3. The quantitative estimate of drug-likeness (QED) is 0.264. The van der Waals surface area contributed by atoms with Crippen molar-refractivity contribution in [2.75, 3.05) is 11.9 Å². The van der Waals surface area contributed by atoms with Gasteiger partial charge in [-0.25, -0.2) is 4.68 Å². The molecule has 1 fully saturated rings. The number of hydrogen-bond acceptors (Lipinski definition) is 4. The van der Waals surface area contributed by atoms with E-state index in [0.29, 0.717) is 11.6 Å². The number of furan rings is 1. The Morgan fingerprint density at radius 1 is 0.897 bits per heavy atom. The lowest BCUT2D eigenvalue weighted by Gasteiger charge is -2.21. The number of hydrogen-bond donors (Lipinski definition) is 1. The zero-order valence-corrected chi connectivity index (χ0v) is 21.3. The first-order chi connectivity index (χ1) is 19.2. The maximum atomic E-state index is 13.6. The van der Waals surface area contributed by atoms with Gasteiger partial charge in [-0.05, 0) is 42.2 Å². The van der Waals surface area contributed by atoms with Crippen LogP contribution in [0.2, 0.25) is 0 Å². The predicted octanol–water partition coefficient (Wildman–Crippen LogP) is 5.90. The lowest BCUT2D eigenvalue weighted by molar-refractivity contribution is -0.136. The van der Waals surface area contributed by atoms with Gasteiger partial charge in [-0.3, -0.25) is 9.59 Å². The van der Waals surface area contributed by atoms with E-state index in [2.05, 4.69) is 17.4 Å². The normalized spacial score (nSPS) is 16.0. The summed E-state index contributed by atoms with van der Waals surface area (Å²) >= 11 is 0. The number of benzene rings is 3. The molecule has 1 aliphatic carbocycles. The van der Waals surface area contributed by atoms with E-state index in [-0.39, 0.29) is 36.7 Å². The molecule has 3 aromatic carbocycles. The third kappa shape index (κ3) is 5.52. The van der Waals surface area contributed by atoms with Crippen LogP contribution in [-0.4, -0.2) is 33.0 Å². The van der Waals surface area contributed by atoms with Gasteiger partial charge in [0.25, 0.3) is 0 Å². The van der Waals surface area contributed by atoms with Crippen LogP contribution >= 0.6 is 0 Å². The number of aromatic nitrogens is 2. The van der Waals surface area contributed by atoms with Crippen LogP contribution in [0.1, 0.15) is 23.7 Å². The Morgan fingerprint density at radius 3 is 2.28 bits per heavy atom. The molecule has 2 atom stereocenters. The Hall–Kier alpha value is -4.91. The van der Waals surface area contributed by atoms with Crippen LogP contribution < -0.4 is 5.32 Å². The molecule has 7 heteroatoms. The van der Waals surface area contributed by atoms with Crippen molar-refractivity contribution in [2.24, 2.45) is 5.92 Å². The first-order valence-corrected chi connectivity index (χ1v) is 13.0. The van der Waals surface area contributed by atoms with Crippen LogP contribution in [-0.2, 0) is 16.1 Å². The van der Waals surface area contributed by atoms with Crippen LogP contribution in [0.4, 0.5) is 5.82 Å². The predicted molar refractivity (Wildman–Crippen MR) is 149 cm³/mol. The van der Waals surface area contributed by atoms with E-state index in [9.17, 15) is 9.59 Å². The largest absolute Gasteiger partial charge is 0.467 e. The summed E-state index contributed by atoms with van der Waals surface area (Å²) < 4.78 is 7.23. The van der Waals surface area contributed by atoms with Crippen LogP contribution in [0.3, 0.4) is 0 Å². The van der Waals surface area contributed by atoms with E-state index in [4.69, 9.17) is 9.52 Å². The van der Waals surface area contributed by atoms with Crippen molar-refractivity contribution in [3.63, 3.8) is 0 Å². The van der Waals surface area contributed by atoms with Gasteiger partial charge in [-0.2, -0.15) is 5.10 Å². The Morgan fingerprint density at radius 2 is 1.59 bits per heavy atom. The maximum Gasteiger partial charge on any atom is 0.245 e. The van der Waals surface area contributed by atoms with Crippen LogP contribution in [0.15, 0.2) is 120 Å². The summed E-state index contributed by atoms with van der Waals surface area (Å²) in [6.45, 7) is 0.128. The molecule has 1 saturated carbocycles. The van der Waals surface area contributed by atoms with Crippen molar-refractivity contribution in [3.8, 4) is 16.9 Å². The summed E-state index contributed by atoms with van der Waals surface area (Å²) in [5.74, 6) is 0.849. The Labute approximate surface area is 226 Å². The van der Waals surface area contributed by atoms with Gasteiger partial charge in [0.2, 0.25) is 11.8 Å². The number of anilines is 1. The van der Waals surface area contributed by atoms with Gasteiger partial charge in [0.15, 0.2) is 0 Å². The molecule has 2 aromatic heterocycles. The summed E-state index contributed by atoms with van der Waals surface area (Å²) in [6.07, 6.45) is 2.35. The Balaban J connectivity index is 1.23. The highest BCUT2D eigenvalue weighted by atomic mass is 16.3. The molecule has 0 saturated heterocycles. The SMILES string of the molecule is O=C(CN(Cc1ccco1)C(=O)C1C[C@H]1c1ccccc1)Nc1cc(-c2ccccc2)nn1-c1ccccc1. The van der Waals surface area contributed by atoms with Gasteiger partial charge >= 0.3 is 0 Å². The average molecular weight is 517 g/mol. The molecular weight excluding hydrogens is 488 g/mol. The molecule has 1 unspecified atom stereocenters.